The van der Waals surface area contributed by atoms with E-state index >= 15 is 0 Å². The number of fused-ring (bicyclic) bond motifs is 1. The summed E-state index contributed by atoms with van der Waals surface area (Å²) < 4.78 is 5.29. The van der Waals surface area contributed by atoms with Crippen molar-refractivity contribution in [2.75, 3.05) is 41.7 Å². The van der Waals surface area contributed by atoms with Crippen LogP contribution in [0.4, 0.5) is 17.4 Å². The van der Waals surface area contributed by atoms with Gasteiger partial charge in [-0.05, 0) is 36.4 Å². The molecular weight excluding hydrogens is 464 g/mol. The molecule has 0 unspecified atom stereocenters. The molecule has 3 amide bonds. The lowest BCUT2D eigenvalue weighted by Crippen LogP contribution is -2.48. The number of carbonyl (C=O) groups excluding carboxylic acids is 3. The van der Waals surface area contributed by atoms with Crippen molar-refractivity contribution in [1.82, 2.24) is 25.1 Å². The Kier molecular flexibility index (Phi) is 6.22. The Hall–Kier alpha value is -4.87. The molecule has 1 saturated heterocycles. The fraction of sp³-hybridized carbons (Fsp3) is 0.208. The van der Waals surface area contributed by atoms with E-state index < -0.39 is 11.8 Å². The number of anilines is 3. The summed E-state index contributed by atoms with van der Waals surface area (Å²) in [5, 5.41) is 12.5. The van der Waals surface area contributed by atoms with E-state index in [1.54, 1.807) is 37.3 Å². The molecule has 0 bridgehead atoms. The molecule has 5 rings (SSSR count). The van der Waals surface area contributed by atoms with Crippen LogP contribution in [-0.2, 0) is 4.79 Å². The van der Waals surface area contributed by atoms with Crippen LogP contribution in [0.15, 0.2) is 59.1 Å². The average Bonchev–Trinajstić information content (AvgIpc) is 3.37. The van der Waals surface area contributed by atoms with Crippen LogP contribution in [0, 0.1) is 0 Å². The summed E-state index contributed by atoms with van der Waals surface area (Å²) >= 11 is 0. The first-order valence-corrected chi connectivity index (χ1v) is 11.2. The monoisotopic (exact) mass is 486 g/mol. The van der Waals surface area contributed by atoms with E-state index in [9.17, 15) is 14.4 Å². The summed E-state index contributed by atoms with van der Waals surface area (Å²) in [5.41, 5.74) is 2.84. The van der Waals surface area contributed by atoms with Crippen LogP contribution < -0.4 is 15.5 Å². The number of para-hydroxylation sites is 2. The molecule has 0 atom stereocenters. The van der Waals surface area contributed by atoms with Crippen molar-refractivity contribution in [1.29, 1.82) is 0 Å². The number of piperazine rings is 1. The Morgan fingerprint density at radius 1 is 0.861 bits per heavy atom. The maximum atomic E-state index is 12.5. The van der Waals surface area contributed by atoms with Gasteiger partial charge in [0.05, 0.1) is 17.2 Å². The van der Waals surface area contributed by atoms with Crippen molar-refractivity contribution in [2.45, 2.75) is 6.92 Å². The van der Waals surface area contributed by atoms with Gasteiger partial charge in [0.15, 0.2) is 0 Å². The maximum Gasteiger partial charge on any atom is 0.323 e. The Balaban J connectivity index is 1.18. The number of hydrogen-bond donors (Lipinski definition) is 2. The molecular formula is C24H22N8O4. The minimum absolute atomic E-state index is 0.0701. The number of carbonyl (C=O) groups is 3. The van der Waals surface area contributed by atoms with E-state index in [0.29, 0.717) is 29.8 Å². The van der Waals surface area contributed by atoms with Crippen LogP contribution in [0.5, 0.6) is 0 Å². The van der Waals surface area contributed by atoms with Crippen molar-refractivity contribution in [3.63, 3.8) is 0 Å². The zero-order valence-corrected chi connectivity index (χ0v) is 19.3. The average molecular weight is 486 g/mol. The van der Waals surface area contributed by atoms with Gasteiger partial charge in [0.1, 0.15) is 5.69 Å². The topological polar surface area (TPSA) is 146 Å². The van der Waals surface area contributed by atoms with E-state index in [2.05, 4.69) is 35.7 Å². The summed E-state index contributed by atoms with van der Waals surface area (Å²) in [4.78, 5) is 48.9. The van der Waals surface area contributed by atoms with Gasteiger partial charge in [-0.15, -0.1) is 5.10 Å². The summed E-state index contributed by atoms with van der Waals surface area (Å²) in [6, 6.07) is 14.2. The van der Waals surface area contributed by atoms with Crippen LogP contribution in [0.25, 0.3) is 11.0 Å². The SMILES string of the molecule is CC(=O)N1CCN(c2ccc(NC(=O)c3nnc(NC(=O)c4cnc5ccccc5n4)o3)cc2)CC1. The van der Waals surface area contributed by atoms with Crippen molar-refractivity contribution >= 4 is 46.1 Å². The number of benzene rings is 2. The quantitative estimate of drug-likeness (QED) is 0.433. The van der Waals surface area contributed by atoms with Crippen LogP contribution in [-0.4, -0.2) is 69.0 Å². The van der Waals surface area contributed by atoms with Gasteiger partial charge >= 0.3 is 17.8 Å². The minimum Gasteiger partial charge on any atom is -0.399 e. The van der Waals surface area contributed by atoms with E-state index in [1.165, 1.54) is 6.20 Å². The van der Waals surface area contributed by atoms with E-state index in [1.807, 2.05) is 23.1 Å². The maximum absolute atomic E-state index is 12.5. The van der Waals surface area contributed by atoms with Gasteiger partial charge in [-0.1, -0.05) is 17.2 Å². The second-order valence-electron chi connectivity index (χ2n) is 8.10. The molecule has 12 heteroatoms. The first-order valence-electron chi connectivity index (χ1n) is 11.2. The number of rotatable bonds is 5. The minimum atomic E-state index is -0.615. The van der Waals surface area contributed by atoms with Crippen molar-refractivity contribution in [2.24, 2.45) is 0 Å². The van der Waals surface area contributed by atoms with Crippen LogP contribution in [0.2, 0.25) is 0 Å². The third kappa shape index (κ3) is 4.97. The molecule has 3 heterocycles. The molecule has 2 aromatic heterocycles. The predicted molar refractivity (Wildman–Crippen MR) is 131 cm³/mol. The zero-order chi connectivity index (χ0) is 25.1. The highest BCUT2D eigenvalue weighted by Gasteiger charge is 2.20. The Bertz CT molecular complexity index is 1430. The van der Waals surface area contributed by atoms with Crippen molar-refractivity contribution in [3.8, 4) is 0 Å². The molecule has 36 heavy (non-hydrogen) atoms. The molecule has 2 aromatic carbocycles. The second-order valence-corrected chi connectivity index (χ2v) is 8.10. The lowest BCUT2D eigenvalue weighted by Gasteiger charge is -2.35. The molecule has 182 valence electrons. The van der Waals surface area contributed by atoms with Crippen molar-refractivity contribution in [3.05, 3.63) is 66.3 Å². The van der Waals surface area contributed by atoms with Crippen LogP contribution in [0.3, 0.4) is 0 Å². The Labute approximate surface area is 205 Å². The highest BCUT2D eigenvalue weighted by atomic mass is 16.4. The molecule has 2 N–H and O–H groups in total. The predicted octanol–water partition coefficient (Wildman–Crippen LogP) is 2.19. The lowest BCUT2D eigenvalue weighted by atomic mass is 10.2. The molecule has 0 aliphatic carbocycles. The number of nitrogens with one attached hydrogen (secondary N) is 2. The number of amides is 3. The second kappa shape index (κ2) is 9.78. The largest absolute Gasteiger partial charge is 0.399 e. The molecule has 1 fully saturated rings. The standard InChI is InChI=1S/C24H22N8O4/c1-15(33)31-10-12-32(13-11-31)17-8-6-16(7-9-17)26-22(35)23-29-30-24(36-23)28-21(34)20-14-25-18-4-2-3-5-19(18)27-20/h2-9,14H,10-13H2,1H3,(H,26,35)(H,28,30,34). The molecule has 12 nitrogen and oxygen atoms in total. The first-order chi connectivity index (χ1) is 17.5. The van der Waals surface area contributed by atoms with Gasteiger partial charge in [-0.25, -0.2) is 4.98 Å². The molecule has 1 aliphatic rings. The van der Waals surface area contributed by atoms with E-state index in [0.717, 1.165) is 18.8 Å². The molecule has 4 aromatic rings. The van der Waals surface area contributed by atoms with E-state index in [-0.39, 0.29) is 23.5 Å². The van der Waals surface area contributed by atoms with Gasteiger partial charge in [-0.2, -0.15) is 0 Å². The molecule has 1 aliphatic heterocycles. The number of aromatic nitrogens is 4. The van der Waals surface area contributed by atoms with Crippen molar-refractivity contribution < 1.29 is 18.8 Å². The molecule has 0 radical (unpaired) electrons. The summed E-state index contributed by atoms with van der Waals surface area (Å²) in [6.07, 6.45) is 1.34. The van der Waals surface area contributed by atoms with Gasteiger partial charge in [-0.3, -0.25) is 24.7 Å². The Morgan fingerprint density at radius 3 is 2.31 bits per heavy atom. The molecule has 0 saturated carbocycles. The lowest BCUT2D eigenvalue weighted by molar-refractivity contribution is -0.129. The summed E-state index contributed by atoms with van der Waals surface area (Å²) in [6.45, 7) is 4.42. The fourth-order valence-corrected chi connectivity index (χ4v) is 3.81. The summed E-state index contributed by atoms with van der Waals surface area (Å²) in [7, 11) is 0. The third-order valence-electron chi connectivity index (χ3n) is 5.74. The van der Waals surface area contributed by atoms with Gasteiger partial charge in [0.2, 0.25) is 5.91 Å². The normalized spacial score (nSPS) is 13.5. The smallest absolute Gasteiger partial charge is 0.323 e. The fourth-order valence-electron chi connectivity index (χ4n) is 3.81. The van der Waals surface area contributed by atoms with E-state index in [4.69, 9.17) is 4.42 Å². The molecule has 0 spiro atoms. The highest BCUT2D eigenvalue weighted by Crippen LogP contribution is 2.20. The van der Waals surface area contributed by atoms with Gasteiger partial charge < -0.3 is 19.5 Å². The van der Waals surface area contributed by atoms with Gasteiger partial charge in [0, 0.05) is 44.5 Å². The van der Waals surface area contributed by atoms with Gasteiger partial charge in [0.25, 0.3) is 5.91 Å². The van der Waals surface area contributed by atoms with Crippen LogP contribution in [0.1, 0.15) is 28.1 Å². The first kappa shape index (κ1) is 22.9. The Morgan fingerprint density at radius 2 is 1.58 bits per heavy atom. The number of nitrogens with zero attached hydrogens (tertiary/aromatic N) is 6. The number of hydrogen-bond acceptors (Lipinski definition) is 9. The highest BCUT2D eigenvalue weighted by molar-refractivity contribution is 6.03. The summed E-state index contributed by atoms with van der Waals surface area (Å²) in [5.74, 6) is -1.43. The third-order valence-corrected chi connectivity index (χ3v) is 5.74. The van der Waals surface area contributed by atoms with Crippen LogP contribution >= 0.6 is 0 Å². The zero-order valence-electron chi connectivity index (χ0n) is 19.3.